The van der Waals surface area contributed by atoms with Crippen LogP contribution in [0.2, 0.25) is 0 Å². The van der Waals surface area contributed by atoms with Gasteiger partial charge in [0.05, 0.1) is 4.90 Å². The van der Waals surface area contributed by atoms with E-state index in [-0.39, 0.29) is 4.90 Å². The topological polar surface area (TPSA) is 87.2 Å². The van der Waals surface area contributed by atoms with Crippen molar-refractivity contribution in [1.29, 1.82) is 0 Å². The maximum atomic E-state index is 12.7. The highest BCUT2D eigenvalue weighted by Crippen LogP contribution is 2.27. The van der Waals surface area contributed by atoms with Crippen molar-refractivity contribution in [3.63, 3.8) is 0 Å². The van der Waals surface area contributed by atoms with Crippen LogP contribution in [-0.2, 0) is 10.0 Å². The van der Waals surface area contributed by atoms with Crippen molar-refractivity contribution in [3.8, 4) is 0 Å². The first-order valence-electron chi connectivity index (χ1n) is 8.84. The van der Waals surface area contributed by atoms with E-state index in [0.29, 0.717) is 11.6 Å². The zero-order chi connectivity index (χ0) is 18.9. The third kappa shape index (κ3) is 3.72. The number of benzene rings is 1. The lowest BCUT2D eigenvalue weighted by Crippen LogP contribution is -2.44. The molecule has 0 aliphatic carbocycles. The zero-order valence-electron chi connectivity index (χ0n) is 15.0. The van der Waals surface area contributed by atoms with Crippen molar-refractivity contribution in [1.82, 2.24) is 15.3 Å². The molecule has 3 aromatic rings. The molecule has 1 aliphatic rings. The molecule has 140 valence electrons. The number of pyridine rings is 2. The molecule has 0 radical (unpaired) electrons. The Morgan fingerprint density at radius 1 is 1.11 bits per heavy atom. The summed E-state index contributed by atoms with van der Waals surface area (Å²) in [6, 6.07) is 12.2. The number of piperazine rings is 1. The van der Waals surface area contributed by atoms with Gasteiger partial charge in [-0.05, 0) is 31.2 Å². The molecule has 4 rings (SSSR count). The second-order valence-corrected chi connectivity index (χ2v) is 8.24. The second kappa shape index (κ2) is 7.13. The van der Waals surface area contributed by atoms with E-state index in [0.717, 1.165) is 42.6 Å². The SMILES string of the molecule is Cc1ccc(S(=O)(=O)Nc2cc3cccnc3c(N3CCNCC3)n2)cc1. The Morgan fingerprint density at radius 3 is 2.59 bits per heavy atom. The molecule has 0 amide bonds. The minimum atomic E-state index is -3.71. The minimum absolute atomic E-state index is 0.213. The second-order valence-electron chi connectivity index (χ2n) is 6.56. The molecule has 0 saturated carbocycles. The third-order valence-corrected chi connectivity index (χ3v) is 5.93. The van der Waals surface area contributed by atoms with Crippen molar-refractivity contribution in [2.75, 3.05) is 35.8 Å². The molecule has 0 spiro atoms. The number of aromatic nitrogens is 2. The smallest absolute Gasteiger partial charge is 0.263 e. The summed E-state index contributed by atoms with van der Waals surface area (Å²) in [6.07, 6.45) is 1.73. The molecule has 0 atom stereocenters. The average molecular weight is 383 g/mol. The van der Waals surface area contributed by atoms with Gasteiger partial charge in [-0.3, -0.25) is 9.71 Å². The van der Waals surface area contributed by atoms with Crippen LogP contribution in [0.5, 0.6) is 0 Å². The van der Waals surface area contributed by atoms with Gasteiger partial charge < -0.3 is 10.2 Å². The van der Waals surface area contributed by atoms with Gasteiger partial charge in [-0.2, -0.15) is 0 Å². The molecule has 27 heavy (non-hydrogen) atoms. The van der Waals surface area contributed by atoms with Crippen LogP contribution in [-0.4, -0.2) is 44.6 Å². The van der Waals surface area contributed by atoms with E-state index in [2.05, 4.69) is 24.9 Å². The van der Waals surface area contributed by atoms with E-state index in [4.69, 9.17) is 0 Å². The molecule has 0 unspecified atom stereocenters. The molecule has 1 saturated heterocycles. The Labute approximate surface area is 158 Å². The fraction of sp³-hybridized carbons (Fsp3) is 0.263. The molecule has 1 aromatic carbocycles. The van der Waals surface area contributed by atoms with Gasteiger partial charge in [-0.15, -0.1) is 0 Å². The minimum Gasteiger partial charge on any atom is -0.352 e. The Morgan fingerprint density at radius 2 is 1.85 bits per heavy atom. The Bertz CT molecular complexity index is 1060. The lowest BCUT2D eigenvalue weighted by Gasteiger charge is -2.29. The van der Waals surface area contributed by atoms with Gasteiger partial charge >= 0.3 is 0 Å². The van der Waals surface area contributed by atoms with Gasteiger partial charge in [0.25, 0.3) is 10.0 Å². The summed E-state index contributed by atoms with van der Waals surface area (Å²) in [7, 11) is -3.71. The standard InChI is InChI=1S/C19H21N5O2S/c1-14-4-6-16(7-5-14)27(25,26)23-17-13-15-3-2-8-21-18(15)19(22-17)24-11-9-20-10-12-24/h2-8,13,20H,9-12H2,1H3,(H,22,23). The lowest BCUT2D eigenvalue weighted by molar-refractivity contribution is 0.586. The Hall–Kier alpha value is -2.71. The van der Waals surface area contributed by atoms with E-state index >= 15 is 0 Å². The summed E-state index contributed by atoms with van der Waals surface area (Å²) in [5, 5.41) is 4.16. The fourth-order valence-electron chi connectivity index (χ4n) is 3.13. The molecule has 1 fully saturated rings. The Kier molecular flexibility index (Phi) is 4.67. The van der Waals surface area contributed by atoms with E-state index in [9.17, 15) is 8.42 Å². The van der Waals surface area contributed by atoms with Crippen LogP contribution >= 0.6 is 0 Å². The van der Waals surface area contributed by atoms with Crippen molar-refractivity contribution in [3.05, 3.63) is 54.2 Å². The van der Waals surface area contributed by atoms with Gasteiger partial charge in [-0.1, -0.05) is 23.8 Å². The summed E-state index contributed by atoms with van der Waals surface area (Å²) in [4.78, 5) is 11.4. The molecule has 0 bridgehead atoms. The number of nitrogens with one attached hydrogen (secondary N) is 2. The van der Waals surface area contributed by atoms with Gasteiger partial charge in [0, 0.05) is 37.8 Å². The Balaban J connectivity index is 1.74. The van der Waals surface area contributed by atoms with Gasteiger partial charge in [-0.25, -0.2) is 13.4 Å². The molecule has 1 aliphatic heterocycles. The highest BCUT2D eigenvalue weighted by Gasteiger charge is 2.20. The predicted octanol–water partition coefficient (Wildman–Crippen LogP) is 2.15. The quantitative estimate of drug-likeness (QED) is 0.718. The van der Waals surface area contributed by atoms with E-state index in [1.807, 2.05) is 19.1 Å². The summed E-state index contributed by atoms with van der Waals surface area (Å²) >= 11 is 0. The van der Waals surface area contributed by atoms with E-state index in [1.54, 1.807) is 36.5 Å². The monoisotopic (exact) mass is 383 g/mol. The molecule has 2 aromatic heterocycles. The largest absolute Gasteiger partial charge is 0.352 e. The number of fused-ring (bicyclic) bond motifs is 1. The summed E-state index contributed by atoms with van der Waals surface area (Å²) in [5.74, 6) is 1.00. The molecule has 3 heterocycles. The number of sulfonamides is 1. The van der Waals surface area contributed by atoms with Crippen LogP contribution in [0.15, 0.2) is 53.6 Å². The average Bonchev–Trinajstić information content (AvgIpc) is 2.68. The highest BCUT2D eigenvalue weighted by molar-refractivity contribution is 7.92. The maximum Gasteiger partial charge on any atom is 0.263 e. The highest BCUT2D eigenvalue weighted by atomic mass is 32.2. The van der Waals surface area contributed by atoms with E-state index < -0.39 is 10.0 Å². The first-order valence-corrected chi connectivity index (χ1v) is 10.3. The summed E-state index contributed by atoms with van der Waals surface area (Å²) < 4.78 is 28.1. The number of anilines is 2. The number of hydrogen-bond donors (Lipinski definition) is 2. The van der Waals surface area contributed by atoms with Gasteiger partial charge in [0.15, 0.2) is 5.82 Å². The molecule has 7 nitrogen and oxygen atoms in total. The van der Waals surface area contributed by atoms with Crippen molar-refractivity contribution < 1.29 is 8.42 Å². The van der Waals surface area contributed by atoms with Crippen LogP contribution in [0.1, 0.15) is 5.56 Å². The molecular weight excluding hydrogens is 362 g/mol. The van der Waals surface area contributed by atoms with Crippen LogP contribution in [0, 0.1) is 6.92 Å². The van der Waals surface area contributed by atoms with Gasteiger partial charge in [0.2, 0.25) is 0 Å². The fourth-order valence-corrected chi connectivity index (χ4v) is 4.12. The number of rotatable bonds is 4. The van der Waals surface area contributed by atoms with Crippen LogP contribution in [0.4, 0.5) is 11.6 Å². The van der Waals surface area contributed by atoms with Crippen LogP contribution < -0.4 is 14.9 Å². The first kappa shape index (κ1) is 17.7. The van der Waals surface area contributed by atoms with E-state index in [1.165, 1.54) is 0 Å². The number of nitrogens with zero attached hydrogens (tertiary/aromatic N) is 3. The number of hydrogen-bond acceptors (Lipinski definition) is 6. The first-order chi connectivity index (χ1) is 13.0. The third-order valence-electron chi connectivity index (χ3n) is 4.56. The van der Waals surface area contributed by atoms with Gasteiger partial charge in [0.1, 0.15) is 11.3 Å². The van der Waals surface area contributed by atoms with Crippen molar-refractivity contribution in [2.24, 2.45) is 0 Å². The van der Waals surface area contributed by atoms with Crippen LogP contribution in [0.3, 0.4) is 0 Å². The van der Waals surface area contributed by atoms with Crippen molar-refractivity contribution in [2.45, 2.75) is 11.8 Å². The lowest BCUT2D eigenvalue weighted by atomic mass is 10.2. The molecule has 8 heteroatoms. The van der Waals surface area contributed by atoms with Crippen molar-refractivity contribution >= 4 is 32.6 Å². The molecular formula is C19H21N5O2S. The van der Waals surface area contributed by atoms with Crippen LogP contribution in [0.25, 0.3) is 10.9 Å². The summed E-state index contributed by atoms with van der Waals surface area (Å²) in [6.45, 7) is 5.23. The maximum absolute atomic E-state index is 12.7. The normalized spacial score (nSPS) is 15.1. The number of aryl methyl sites for hydroxylation is 1. The molecule has 2 N–H and O–H groups in total. The zero-order valence-corrected chi connectivity index (χ0v) is 15.8. The predicted molar refractivity (Wildman–Crippen MR) is 107 cm³/mol. The summed E-state index contributed by atoms with van der Waals surface area (Å²) in [5.41, 5.74) is 1.78.